The number of thiophene rings is 1. The molecule has 1 aliphatic rings. The quantitative estimate of drug-likeness (QED) is 0.674. The van der Waals surface area contributed by atoms with Crippen LogP contribution in [0, 0.1) is 5.38 Å². The number of ether oxygens (including phenoxy) is 1. The minimum Gasteiger partial charge on any atom is -0.373 e. The third-order valence-corrected chi connectivity index (χ3v) is 4.20. The Morgan fingerprint density at radius 3 is 2.50 bits per heavy atom. The van der Waals surface area contributed by atoms with Gasteiger partial charge in [0.25, 0.3) is 0 Å². The molecule has 1 saturated carbocycles. The van der Waals surface area contributed by atoms with Crippen LogP contribution in [-0.2, 0) is 10.3 Å². The molecule has 1 nitrogen and oxygen atoms in total. The Hall–Kier alpha value is -0.340. The highest BCUT2D eigenvalue weighted by molar-refractivity contribution is 7.09. The highest BCUT2D eigenvalue weighted by Crippen LogP contribution is 2.40. The average Bonchev–Trinajstić information content (AvgIpc) is 2.64. The van der Waals surface area contributed by atoms with Gasteiger partial charge in [0.15, 0.2) is 0 Å². The van der Waals surface area contributed by atoms with Crippen molar-refractivity contribution < 1.29 is 4.74 Å². The summed E-state index contributed by atoms with van der Waals surface area (Å²) < 4.78 is 5.79. The molecule has 0 aliphatic heterocycles. The van der Waals surface area contributed by atoms with Gasteiger partial charge in [0, 0.05) is 17.4 Å². The second-order valence-electron chi connectivity index (χ2n) is 4.03. The maximum Gasteiger partial charge on any atom is 0.102 e. The summed E-state index contributed by atoms with van der Waals surface area (Å²) in [5.41, 5.74) is 0.0150. The van der Waals surface area contributed by atoms with Crippen molar-refractivity contribution in [2.45, 2.75) is 44.1 Å². The van der Waals surface area contributed by atoms with Crippen LogP contribution in [0.5, 0.6) is 0 Å². The first-order valence-electron chi connectivity index (χ1n) is 5.39. The lowest BCUT2D eigenvalue weighted by Crippen LogP contribution is -2.26. The number of hydrogen-bond acceptors (Lipinski definition) is 2. The van der Waals surface area contributed by atoms with Crippen LogP contribution >= 0.6 is 11.3 Å². The van der Waals surface area contributed by atoms with Crippen molar-refractivity contribution in [2.75, 3.05) is 7.11 Å². The predicted molar refractivity (Wildman–Crippen MR) is 59.5 cm³/mol. The third-order valence-electron chi connectivity index (χ3n) is 3.22. The third kappa shape index (κ3) is 1.86. The fraction of sp³-hybridized carbons (Fsp3) is 0.667. The van der Waals surface area contributed by atoms with Crippen LogP contribution in [0.3, 0.4) is 0 Å². The molecule has 1 radical (unpaired) electrons. The van der Waals surface area contributed by atoms with Crippen molar-refractivity contribution in [3.63, 3.8) is 0 Å². The number of hydrogen-bond donors (Lipinski definition) is 0. The minimum atomic E-state index is 0.0150. The molecule has 0 aromatic carbocycles. The predicted octanol–water partition coefficient (Wildman–Crippen LogP) is 3.74. The monoisotopic (exact) mass is 209 g/mol. The Morgan fingerprint density at radius 2 is 2.00 bits per heavy atom. The highest BCUT2D eigenvalue weighted by atomic mass is 32.1. The summed E-state index contributed by atoms with van der Waals surface area (Å²) in [5.74, 6) is 0. The van der Waals surface area contributed by atoms with Gasteiger partial charge in [-0.1, -0.05) is 25.7 Å². The minimum absolute atomic E-state index is 0.0150. The molecule has 1 fully saturated rings. The van der Waals surface area contributed by atoms with Gasteiger partial charge in [0.1, 0.15) is 5.60 Å². The van der Waals surface area contributed by atoms with Crippen molar-refractivity contribution in [1.29, 1.82) is 0 Å². The van der Waals surface area contributed by atoms with E-state index in [0.29, 0.717) is 0 Å². The average molecular weight is 209 g/mol. The van der Waals surface area contributed by atoms with Gasteiger partial charge < -0.3 is 4.74 Å². The molecule has 2 heteroatoms. The first kappa shape index (κ1) is 10.2. The van der Waals surface area contributed by atoms with Crippen molar-refractivity contribution in [1.82, 2.24) is 0 Å². The lowest BCUT2D eigenvalue weighted by Gasteiger charge is -2.30. The highest BCUT2D eigenvalue weighted by Gasteiger charge is 2.33. The summed E-state index contributed by atoms with van der Waals surface area (Å²) in [7, 11) is 1.85. The van der Waals surface area contributed by atoms with Crippen LogP contribution in [0.25, 0.3) is 0 Å². The number of methoxy groups -OCH3 is 1. The van der Waals surface area contributed by atoms with Crippen LogP contribution in [-0.4, -0.2) is 7.11 Å². The summed E-state index contributed by atoms with van der Waals surface area (Å²) in [6, 6.07) is 4.17. The van der Waals surface area contributed by atoms with Crippen molar-refractivity contribution in [3.05, 3.63) is 22.4 Å². The van der Waals surface area contributed by atoms with Gasteiger partial charge in [0.2, 0.25) is 0 Å². The maximum atomic E-state index is 5.79. The van der Waals surface area contributed by atoms with E-state index in [2.05, 4.69) is 11.4 Å². The molecule has 0 bridgehead atoms. The Morgan fingerprint density at radius 1 is 1.29 bits per heavy atom. The van der Waals surface area contributed by atoms with Crippen LogP contribution in [0.2, 0.25) is 0 Å². The van der Waals surface area contributed by atoms with Gasteiger partial charge >= 0.3 is 0 Å². The second-order valence-corrected chi connectivity index (χ2v) is 4.91. The fourth-order valence-electron chi connectivity index (χ4n) is 2.34. The van der Waals surface area contributed by atoms with Crippen LogP contribution in [0.1, 0.15) is 43.4 Å². The van der Waals surface area contributed by atoms with Gasteiger partial charge in [-0.05, 0) is 25.0 Å². The molecule has 0 spiro atoms. The zero-order valence-electron chi connectivity index (χ0n) is 8.71. The van der Waals surface area contributed by atoms with Gasteiger partial charge in [-0.15, -0.1) is 11.3 Å². The zero-order valence-corrected chi connectivity index (χ0v) is 9.53. The first-order valence-corrected chi connectivity index (χ1v) is 6.20. The van der Waals surface area contributed by atoms with E-state index in [1.807, 2.05) is 13.2 Å². The molecule has 77 valence electrons. The molecule has 1 heterocycles. The maximum absolute atomic E-state index is 5.79. The molecule has 1 aliphatic carbocycles. The molecule has 0 amide bonds. The molecule has 0 atom stereocenters. The fourth-order valence-corrected chi connectivity index (χ4v) is 3.21. The lowest BCUT2D eigenvalue weighted by molar-refractivity contribution is -0.0247. The SMILES string of the molecule is COC1(c2cc[c]s2)CCCCCC1. The Balaban J connectivity index is 2.23. The molecule has 0 N–H and O–H groups in total. The molecule has 1 aromatic heterocycles. The van der Waals surface area contributed by atoms with Crippen LogP contribution in [0.4, 0.5) is 0 Å². The van der Waals surface area contributed by atoms with Gasteiger partial charge in [0.05, 0.1) is 0 Å². The molecular formula is C12H17OS. The molecule has 14 heavy (non-hydrogen) atoms. The zero-order chi connectivity index (χ0) is 9.86. The summed E-state index contributed by atoms with van der Waals surface area (Å²) in [5, 5.41) is 3.17. The topological polar surface area (TPSA) is 9.23 Å². The Kier molecular flexibility index (Phi) is 3.24. The molecule has 2 rings (SSSR count). The summed E-state index contributed by atoms with van der Waals surface area (Å²) in [6.07, 6.45) is 7.67. The van der Waals surface area contributed by atoms with Gasteiger partial charge in [-0.25, -0.2) is 0 Å². The largest absolute Gasteiger partial charge is 0.373 e. The molecular weight excluding hydrogens is 192 g/mol. The van der Waals surface area contributed by atoms with Crippen molar-refractivity contribution >= 4 is 11.3 Å². The van der Waals surface area contributed by atoms with E-state index in [-0.39, 0.29) is 5.60 Å². The van der Waals surface area contributed by atoms with E-state index in [4.69, 9.17) is 4.74 Å². The molecule has 1 aromatic rings. The summed E-state index contributed by atoms with van der Waals surface area (Å²) in [6.45, 7) is 0. The van der Waals surface area contributed by atoms with Crippen LogP contribution in [0.15, 0.2) is 12.1 Å². The van der Waals surface area contributed by atoms with E-state index in [0.717, 1.165) is 0 Å². The van der Waals surface area contributed by atoms with Crippen LogP contribution < -0.4 is 0 Å². The summed E-state index contributed by atoms with van der Waals surface area (Å²) >= 11 is 1.71. The molecule has 0 unspecified atom stereocenters. The van der Waals surface area contributed by atoms with Gasteiger partial charge in [-0.3, -0.25) is 0 Å². The first-order chi connectivity index (χ1) is 6.87. The normalized spacial score (nSPS) is 21.8. The Labute approximate surface area is 90.1 Å². The van der Waals surface area contributed by atoms with E-state index in [1.54, 1.807) is 11.3 Å². The van der Waals surface area contributed by atoms with Gasteiger partial charge in [-0.2, -0.15) is 0 Å². The lowest BCUT2D eigenvalue weighted by atomic mass is 9.92. The Bertz CT molecular complexity index is 258. The van der Waals surface area contributed by atoms with Crippen molar-refractivity contribution in [3.8, 4) is 0 Å². The molecule has 0 saturated heterocycles. The standard InChI is InChI=1S/C12H17OS/c1-13-12(11-7-6-10-14-11)8-4-2-3-5-9-12/h6-7H,2-5,8-9H2,1H3. The van der Waals surface area contributed by atoms with E-state index in [1.165, 1.54) is 43.4 Å². The number of rotatable bonds is 2. The smallest absolute Gasteiger partial charge is 0.102 e. The van der Waals surface area contributed by atoms with E-state index in [9.17, 15) is 0 Å². The summed E-state index contributed by atoms with van der Waals surface area (Å²) in [4.78, 5) is 1.36. The van der Waals surface area contributed by atoms with E-state index >= 15 is 0 Å². The van der Waals surface area contributed by atoms with Crippen molar-refractivity contribution in [2.24, 2.45) is 0 Å². The second kappa shape index (κ2) is 4.45. The van der Waals surface area contributed by atoms with E-state index < -0.39 is 0 Å².